The normalized spacial score (nSPS) is 20.6. The molecule has 1 saturated carbocycles. The molecule has 0 radical (unpaired) electrons. The number of rotatable bonds is 5. The van der Waals surface area contributed by atoms with Crippen LogP contribution in [0.3, 0.4) is 0 Å². The van der Waals surface area contributed by atoms with Gasteiger partial charge in [0.25, 0.3) is 0 Å². The van der Waals surface area contributed by atoms with Crippen LogP contribution in [0.2, 0.25) is 0 Å². The van der Waals surface area contributed by atoms with E-state index in [2.05, 4.69) is 14.7 Å². The third kappa shape index (κ3) is 4.57. The van der Waals surface area contributed by atoms with Crippen molar-refractivity contribution in [3.8, 4) is 22.5 Å². The number of aliphatic hydroxyl groups is 1. The number of nitrogens with two attached hydrogens (primary N) is 1. The summed E-state index contributed by atoms with van der Waals surface area (Å²) in [7, 11) is -4.18. The summed E-state index contributed by atoms with van der Waals surface area (Å²) in [6, 6.07) is 9.47. The van der Waals surface area contributed by atoms with Crippen LogP contribution in [0.1, 0.15) is 32.6 Å². The highest BCUT2D eigenvalue weighted by molar-refractivity contribution is 7.89. The van der Waals surface area contributed by atoms with Crippen LogP contribution in [0, 0.1) is 11.6 Å². The summed E-state index contributed by atoms with van der Waals surface area (Å²) >= 11 is 0. The topological polar surface area (TPSA) is 123 Å². The first-order chi connectivity index (χ1) is 17.0. The lowest BCUT2D eigenvalue weighted by atomic mass is 9.84. The highest BCUT2D eigenvalue weighted by atomic mass is 32.2. The number of fused-ring (bicyclic) bond motifs is 1. The van der Waals surface area contributed by atoms with E-state index in [-0.39, 0.29) is 17.1 Å². The Morgan fingerprint density at radius 1 is 1.14 bits per heavy atom. The summed E-state index contributed by atoms with van der Waals surface area (Å²) in [4.78, 5) is 8.03. The number of anilines is 1. The van der Waals surface area contributed by atoms with E-state index in [0.717, 1.165) is 6.07 Å². The molecule has 2 aromatic carbocycles. The first-order valence-corrected chi connectivity index (χ1v) is 13.0. The fraction of sp³-hybridized carbons (Fsp3) is 0.280. The molecule has 8 nitrogen and oxygen atoms in total. The molecule has 4 aromatic rings. The van der Waals surface area contributed by atoms with E-state index in [9.17, 15) is 22.3 Å². The molecular weight excluding hydrogens is 488 g/mol. The molecule has 36 heavy (non-hydrogen) atoms. The quantitative estimate of drug-likeness (QED) is 0.372. The zero-order valence-electron chi connectivity index (χ0n) is 19.4. The number of aromatic nitrogens is 3. The van der Waals surface area contributed by atoms with E-state index in [0.29, 0.717) is 42.6 Å². The zero-order chi connectivity index (χ0) is 25.7. The third-order valence-corrected chi connectivity index (χ3v) is 8.10. The van der Waals surface area contributed by atoms with Gasteiger partial charge in [-0.1, -0.05) is 12.1 Å². The minimum atomic E-state index is -4.18. The van der Waals surface area contributed by atoms with Crippen LogP contribution in [0.15, 0.2) is 59.8 Å². The number of hydrogen-bond acceptors (Lipinski definition) is 6. The van der Waals surface area contributed by atoms with Crippen molar-refractivity contribution in [2.45, 2.75) is 49.1 Å². The van der Waals surface area contributed by atoms with Gasteiger partial charge in [-0.2, -0.15) is 0 Å². The standard InChI is InChI=1S/C25H25F2N5O3S/c1-25(33)10-8-16(9-11-25)31-36(34,35)22-12-15(6-7-19(22)27)21-13-29-24-23(28)30-20(14-32(21)24)17-4-2-3-5-18(17)26/h2-7,12-14,16,31,33H,8-11H2,1H3,(H2,28,30)/t16-,25-. The molecule has 2 heterocycles. The summed E-state index contributed by atoms with van der Waals surface area (Å²) in [6.45, 7) is 1.72. The number of nitrogens with one attached hydrogen (secondary N) is 1. The van der Waals surface area contributed by atoms with Gasteiger partial charge in [0, 0.05) is 23.4 Å². The van der Waals surface area contributed by atoms with E-state index < -0.39 is 38.2 Å². The van der Waals surface area contributed by atoms with Crippen LogP contribution in [-0.4, -0.2) is 39.5 Å². The van der Waals surface area contributed by atoms with E-state index in [1.807, 2.05) is 0 Å². The van der Waals surface area contributed by atoms with E-state index in [1.165, 1.54) is 24.4 Å². The molecule has 4 N–H and O–H groups in total. The summed E-state index contributed by atoms with van der Waals surface area (Å²) < 4.78 is 59.5. The van der Waals surface area contributed by atoms with Crippen LogP contribution in [0.4, 0.5) is 14.6 Å². The second-order valence-corrected chi connectivity index (χ2v) is 11.0. The second-order valence-electron chi connectivity index (χ2n) is 9.37. The molecule has 0 amide bonds. The molecule has 0 spiro atoms. The van der Waals surface area contributed by atoms with Crippen LogP contribution in [0.5, 0.6) is 0 Å². The van der Waals surface area contributed by atoms with Gasteiger partial charge >= 0.3 is 0 Å². The molecule has 188 valence electrons. The number of sulfonamides is 1. The number of halogens is 2. The third-order valence-electron chi connectivity index (χ3n) is 6.57. The highest BCUT2D eigenvalue weighted by Gasteiger charge is 2.32. The molecule has 1 aliphatic carbocycles. The molecule has 1 aliphatic rings. The van der Waals surface area contributed by atoms with Crippen molar-refractivity contribution in [2.24, 2.45) is 0 Å². The van der Waals surface area contributed by atoms with Gasteiger partial charge in [-0.3, -0.25) is 4.40 Å². The highest BCUT2D eigenvalue weighted by Crippen LogP contribution is 2.31. The van der Waals surface area contributed by atoms with Crippen LogP contribution < -0.4 is 10.5 Å². The minimum Gasteiger partial charge on any atom is -0.390 e. The van der Waals surface area contributed by atoms with Gasteiger partial charge in [0.1, 0.15) is 16.5 Å². The van der Waals surface area contributed by atoms with Crippen LogP contribution >= 0.6 is 0 Å². The number of hydrogen-bond donors (Lipinski definition) is 3. The lowest BCUT2D eigenvalue weighted by Gasteiger charge is -2.33. The Labute approximate surface area is 206 Å². The van der Waals surface area contributed by atoms with Gasteiger partial charge in [0.15, 0.2) is 11.5 Å². The van der Waals surface area contributed by atoms with Crippen molar-refractivity contribution in [1.29, 1.82) is 0 Å². The SMILES string of the molecule is C[C@]1(O)CC[C@H](NS(=O)(=O)c2cc(-c3cnc4c(N)nc(-c5ccccc5F)cn34)ccc2F)CC1. The van der Waals surface area contributed by atoms with Gasteiger partial charge in [-0.05, 0) is 62.9 Å². The monoisotopic (exact) mass is 513 g/mol. The molecular formula is C25H25F2N5O3S. The fourth-order valence-corrected chi connectivity index (χ4v) is 5.94. The first-order valence-electron chi connectivity index (χ1n) is 11.5. The van der Waals surface area contributed by atoms with Gasteiger partial charge in [0.2, 0.25) is 10.0 Å². The number of imidazole rings is 1. The zero-order valence-corrected chi connectivity index (χ0v) is 20.3. The molecule has 0 atom stereocenters. The summed E-state index contributed by atoms with van der Waals surface area (Å²) in [5, 5.41) is 10.1. The smallest absolute Gasteiger partial charge is 0.243 e. The van der Waals surface area contributed by atoms with E-state index >= 15 is 0 Å². The predicted octanol–water partition coefficient (Wildman–Crippen LogP) is 3.90. The number of nitrogen functional groups attached to an aromatic ring is 1. The maximum Gasteiger partial charge on any atom is 0.243 e. The van der Waals surface area contributed by atoms with Crippen LogP contribution in [0.25, 0.3) is 28.2 Å². The first kappa shape index (κ1) is 24.3. The Kier molecular flexibility index (Phi) is 6.01. The maximum atomic E-state index is 14.7. The van der Waals surface area contributed by atoms with Crippen LogP contribution in [-0.2, 0) is 10.0 Å². The Balaban J connectivity index is 1.53. The van der Waals surface area contributed by atoms with Crippen molar-refractivity contribution in [3.05, 3.63) is 66.5 Å². The van der Waals surface area contributed by atoms with Gasteiger partial charge in [0.05, 0.1) is 23.2 Å². The van der Waals surface area contributed by atoms with Crippen molar-refractivity contribution < 1.29 is 22.3 Å². The van der Waals surface area contributed by atoms with Crippen molar-refractivity contribution in [2.75, 3.05) is 5.73 Å². The second kappa shape index (κ2) is 8.91. The molecule has 0 saturated heterocycles. The summed E-state index contributed by atoms with van der Waals surface area (Å²) in [6.07, 6.45) is 4.82. The molecule has 0 unspecified atom stereocenters. The largest absolute Gasteiger partial charge is 0.390 e. The van der Waals surface area contributed by atoms with E-state index in [4.69, 9.17) is 5.73 Å². The molecule has 5 rings (SSSR count). The molecule has 11 heteroatoms. The van der Waals surface area contributed by atoms with Crippen molar-refractivity contribution >= 4 is 21.5 Å². The Morgan fingerprint density at radius 2 is 1.86 bits per heavy atom. The average molecular weight is 514 g/mol. The van der Waals surface area contributed by atoms with Gasteiger partial charge in [-0.15, -0.1) is 0 Å². The molecule has 0 bridgehead atoms. The molecule has 0 aliphatic heterocycles. The summed E-state index contributed by atoms with van der Waals surface area (Å²) in [5.74, 6) is -1.31. The fourth-order valence-electron chi connectivity index (χ4n) is 4.53. The van der Waals surface area contributed by atoms with Crippen molar-refractivity contribution in [3.63, 3.8) is 0 Å². The maximum absolute atomic E-state index is 14.7. The lowest BCUT2D eigenvalue weighted by molar-refractivity contribution is 0.0163. The van der Waals surface area contributed by atoms with E-state index in [1.54, 1.807) is 35.7 Å². The Hall–Kier alpha value is -3.41. The Bertz CT molecular complexity index is 1560. The summed E-state index contributed by atoms with van der Waals surface area (Å²) in [5.41, 5.74) is 6.87. The molecule has 1 fully saturated rings. The number of benzene rings is 2. The van der Waals surface area contributed by atoms with Gasteiger partial charge in [-0.25, -0.2) is 31.9 Å². The number of nitrogens with zero attached hydrogens (tertiary/aromatic N) is 3. The average Bonchev–Trinajstić information content (AvgIpc) is 3.25. The lowest BCUT2D eigenvalue weighted by Crippen LogP contribution is -2.42. The van der Waals surface area contributed by atoms with Gasteiger partial charge < -0.3 is 10.8 Å². The predicted molar refractivity (Wildman–Crippen MR) is 131 cm³/mol. The molecule has 2 aromatic heterocycles. The van der Waals surface area contributed by atoms with Crippen molar-refractivity contribution in [1.82, 2.24) is 19.1 Å². The Morgan fingerprint density at radius 3 is 2.58 bits per heavy atom. The minimum absolute atomic E-state index is 0.0619.